The Morgan fingerprint density at radius 1 is 1.09 bits per heavy atom. The molecule has 5 nitrogen and oxygen atoms in total. The molecule has 0 atom stereocenters. The predicted octanol–water partition coefficient (Wildman–Crippen LogP) is 5.92. The number of hydrogen-bond donors (Lipinski definition) is 0. The van der Waals surface area contributed by atoms with Crippen molar-refractivity contribution in [2.75, 3.05) is 0 Å². The number of aryl methyl sites for hydroxylation is 1. The Morgan fingerprint density at radius 2 is 1.69 bits per heavy atom. The monoisotopic (exact) mass is 469 g/mol. The van der Waals surface area contributed by atoms with Crippen molar-refractivity contribution in [2.45, 2.75) is 64.3 Å². The maximum Gasteiger partial charge on any atom is 0.421 e. The van der Waals surface area contributed by atoms with Crippen molar-refractivity contribution >= 4 is 23.2 Å². The largest absolute Gasteiger partial charge is 0.438 e. The van der Waals surface area contributed by atoms with Gasteiger partial charge in [0.1, 0.15) is 28.4 Å². The Labute approximate surface area is 188 Å². The molecular weight excluding hydrogens is 447 g/mol. The van der Waals surface area contributed by atoms with Crippen LogP contribution in [0.2, 0.25) is 5.02 Å². The van der Waals surface area contributed by atoms with E-state index in [4.69, 9.17) is 21.1 Å². The molecule has 0 aliphatic carbocycles. The second-order valence-corrected chi connectivity index (χ2v) is 9.04. The Kier molecular flexibility index (Phi) is 6.17. The van der Waals surface area contributed by atoms with E-state index < -0.39 is 46.3 Å². The highest BCUT2D eigenvalue weighted by Crippen LogP contribution is 2.42. The zero-order valence-electron chi connectivity index (χ0n) is 18.3. The van der Waals surface area contributed by atoms with Gasteiger partial charge < -0.3 is 9.47 Å². The fourth-order valence-corrected chi connectivity index (χ4v) is 4.04. The first-order valence-electron chi connectivity index (χ1n) is 9.99. The summed E-state index contributed by atoms with van der Waals surface area (Å²) in [5.41, 5.74) is -2.48. The summed E-state index contributed by atoms with van der Waals surface area (Å²) < 4.78 is 51.4. The lowest BCUT2D eigenvalue weighted by atomic mass is 9.73. The number of pyridine rings is 1. The maximum atomic E-state index is 13.4. The SMILES string of the molecule is CCc1ccc(Oc2ncc(Cl)cc2C(F)(F)F)cc1C1C(=O)C(C)(C)OC(C)(C)C1=O. The van der Waals surface area contributed by atoms with Gasteiger partial charge in [0.05, 0.1) is 5.02 Å². The molecule has 0 amide bonds. The van der Waals surface area contributed by atoms with Gasteiger partial charge in [-0.25, -0.2) is 4.98 Å². The van der Waals surface area contributed by atoms with Crippen molar-refractivity contribution in [2.24, 2.45) is 0 Å². The molecule has 1 saturated heterocycles. The van der Waals surface area contributed by atoms with Gasteiger partial charge in [-0.05, 0) is 63.4 Å². The Balaban J connectivity index is 2.10. The first-order chi connectivity index (χ1) is 14.7. The molecular formula is C23H23ClF3NO4. The number of rotatable bonds is 4. The molecule has 1 aromatic heterocycles. The van der Waals surface area contributed by atoms with E-state index >= 15 is 0 Å². The second kappa shape index (κ2) is 8.15. The summed E-state index contributed by atoms with van der Waals surface area (Å²) in [6.07, 6.45) is -3.19. The number of ketones is 2. The summed E-state index contributed by atoms with van der Waals surface area (Å²) in [7, 11) is 0. The van der Waals surface area contributed by atoms with Crippen LogP contribution in [0.4, 0.5) is 13.2 Å². The molecule has 0 unspecified atom stereocenters. The van der Waals surface area contributed by atoms with Crippen LogP contribution in [-0.2, 0) is 26.9 Å². The molecule has 0 bridgehead atoms. The molecule has 0 N–H and O–H groups in total. The van der Waals surface area contributed by atoms with Gasteiger partial charge in [-0.15, -0.1) is 0 Å². The number of ether oxygens (including phenoxy) is 2. The quantitative estimate of drug-likeness (QED) is 0.520. The average molecular weight is 470 g/mol. The van der Waals surface area contributed by atoms with E-state index in [2.05, 4.69) is 4.98 Å². The van der Waals surface area contributed by atoms with Crippen LogP contribution in [0.15, 0.2) is 30.5 Å². The molecule has 9 heteroatoms. The summed E-state index contributed by atoms with van der Waals surface area (Å²) in [6.45, 7) is 8.23. The molecule has 172 valence electrons. The minimum atomic E-state index is -4.74. The number of benzene rings is 1. The van der Waals surface area contributed by atoms with Crippen LogP contribution < -0.4 is 4.74 Å². The zero-order valence-corrected chi connectivity index (χ0v) is 19.0. The van der Waals surface area contributed by atoms with Crippen molar-refractivity contribution in [1.82, 2.24) is 4.98 Å². The number of Topliss-reactive ketones (excluding diaryl/α,β-unsaturated/α-hetero) is 2. The van der Waals surface area contributed by atoms with Crippen LogP contribution in [0, 0.1) is 0 Å². The summed E-state index contributed by atoms with van der Waals surface area (Å²) >= 11 is 5.67. The van der Waals surface area contributed by atoms with E-state index in [-0.39, 0.29) is 10.8 Å². The minimum Gasteiger partial charge on any atom is -0.438 e. The lowest BCUT2D eigenvalue weighted by molar-refractivity contribution is -0.184. The number of halogens is 4. The van der Waals surface area contributed by atoms with Crippen LogP contribution >= 0.6 is 11.6 Å². The normalized spacial score (nSPS) is 18.7. The molecule has 1 aliphatic rings. The topological polar surface area (TPSA) is 65.5 Å². The van der Waals surface area contributed by atoms with Crippen molar-refractivity contribution in [1.29, 1.82) is 0 Å². The van der Waals surface area contributed by atoms with Crippen molar-refractivity contribution < 1.29 is 32.2 Å². The molecule has 1 fully saturated rings. The number of carbonyl (C=O) groups is 2. The van der Waals surface area contributed by atoms with Crippen LogP contribution in [-0.4, -0.2) is 27.8 Å². The van der Waals surface area contributed by atoms with Crippen LogP contribution in [0.1, 0.15) is 57.2 Å². The third-order valence-corrected chi connectivity index (χ3v) is 5.58. The van der Waals surface area contributed by atoms with Gasteiger partial charge in [0.2, 0.25) is 5.88 Å². The third kappa shape index (κ3) is 4.52. The highest BCUT2D eigenvalue weighted by molar-refractivity contribution is 6.30. The number of aromatic nitrogens is 1. The molecule has 0 spiro atoms. The zero-order chi connectivity index (χ0) is 24.1. The molecule has 1 aliphatic heterocycles. The number of hydrogen-bond acceptors (Lipinski definition) is 5. The van der Waals surface area contributed by atoms with Gasteiger partial charge in [-0.1, -0.05) is 24.6 Å². The van der Waals surface area contributed by atoms with E-state index in [1.807, 2.05) is 6.92 Å². The highest BCUT2D eigenvalue weighted by Gasteiger charge is 2.53. The van der Waals surface area contributed by atoms with Gasteiger partial charge >= 0.3 is 6.18 Å². The third-order valence-electron chi connectivity index (χ3n) is 5.37. The molecule has 3 rings (SSSR count). The first-order valence-corrected chi connectivity index (χ1v) is 10.4. The van der Waals surface area contributed by atoms with Crippen molar-refractivity contribution in [3.05, 3.63) is 52.2 Å². The maximum absolute atomic E-state index is 13.4. The Hall–Kier alpha value is -2.45. The van der Waals surface area contributed by atoms with Gasteiger partial charge in [0.15, 0.2) is 11.6 Å². The Bertz CT molecular complexity index is 1050. The number of alkyl halides is 3. The molecule has 32 heavy (non-hydrogen) atoms. The summed E-state index contributed by atoms with van der Waals surface area (Å²) in [5.74, 6) is -2.64. The minimum absolute atomic E-state index is 0.0141. The Morgan fingerprint density at radius 3 is 2.22 bits per heavy atom. The van der Waals surface area contributed by atoms with E-state index in [0.717, 1.165) is 12.3 Å². The van der Waals surface area contributed by atoms with Gasteiger partial charge in [-0.2, -0.15) is 13.2 Å². The molecule has 1 aromatic carbocycles. The fourth-order valence-electron chi connectivity index (χ4n) is 3.89. The van der Waals surface area contributed by atoms with E-state index in [9.17, 15) is 22.8 Å². The number of carbonyl (C=O) groups excluding carboxylic acids is 2. The summed E-state index contributed by atoms with van der Waals surface area (Å²) in [4.78, 5) is 30.0. The van der Waals surface area contributed by atoms with Crippen LogP contribution in [0.25, 0.3) is 0 Å². The van der Waals surface area contributed by atoms with E-state index in [0.29, 0.717) is 17.5 Å². The lowest BCUT2D eigenvalue weighted by Gasteiger charge is -2.43. The predicted molar refractivity (Wildman–Crippen MR) is 112 cm³/mol. The molecule has 0 saturated carbocycles. The average Bonchev–Trinajstić information content (AvgIpc) is 2.67. The van der Waals surface area contributed by atoms with E-state index in [1.54, 1.807) is 33.8 Å². The highest BCUT2D eigenvalue weighted by atomic mass is 35.5. The second-order valence-electron chi connectivity index (χ2n) is 8.60. The summed E-state index contributed by atoms with van der Waals surface area (Å²) in [5, 5.41) is -0.186. The fraction of sp³-hybridized carbons (Fsp3) is 0.435. The van der Waals surface area contributed by atoms with Crippen LogP contribution in [0.5, 0.6) is 11.6 Å². The van der Waals surface area contributed by atoms with Gasteiger partial charge in [-0.3, -0.25) is 9.59 Å². The molecule has 0 radical (unpaired) electrons. The van der Waals surface area contributed by atoms with Gasteiger partial charge in [0.25, 0.3) is 0 Å². The lowest BCUT2D eigenvalue weighted by Crippen LogP contribution is -2.58. The summed E-state index contributed by atoms with van der Waals surface area (Å²) in [6, 6.07) is 5.25. The smallest absolute Gasteiger partial charge is 0.421 e. The van der Waals surface area contributed by atoms with Crippen molar-refractivity contribution in [3.63, 3.8) is 0 Å². The number of nitrogens with zero attached hydrogens (tertiary/aromatic N) is 1. The van der Waals surface area contributed by atoms with E-state index in [1.165, 1.54) is 12.1 Å². The van der Waals surface area contributed by atoms with Crippen molar-refractivity contribution in [3.8, 4) is 11.6 Å². The first kappa shape index (κ1) is 24.2. The molecule has 2 heterocycles. The van der Waals surface area contributed by atoms with Crippen LogP contribution in [0.3, 0.4) is 0 Å². The molecule has 2 aromatic rings. The standard InChI is InChI=1S/C23H23ClF3NO4/c1-6-12-7-8-14(31-20-16(23(25,26)27)9-13(24)11-28-20)10-15(12)17-18(29)21(2,3)32-22(4,5)19(17)30/h7-11,17H,6H2,1-5H3. The van der Waals surface area contributed by atoms with Gasteiger partial charge in [0, 0.05) is 6.20 Å².